The number of primary amides is 1. The van der Waals surface area contributed by atoms with Gasteiger partial charge in [0.1, 0.15) is 6.04 Å². The summed E-state index contributed by atoms with van der Waals surface area (Å²) in [6, 6.07) is 5.12. The maximum Gasteiger partial charge on any atom is 0.251 e. The van der Waals surface area contributed by atoms with Crippen molar-refractivity contribution in [3.63, 3.8) is 0 Å². The lowest BCUT2D eigenvalue weighted by atomic mass is 9.83. The number of alkyl halides is 2. The Kier molecular flexibility index (Phi) is 7.35. The second-order valence-corrected chi connectivity index (χ2v) is 7.35. The summed E-state index contributed by atoms with van der Waals surface area (Å²) in [5.74, 6) is 4.64. The molecule has 4 nitrogen and oxygen atoms in total. The Labute approximate surface area is 158 Å². The molecule has 0 radical (unpaired) electrons. The third-order valence-electron chi connectivity index (χ3n) is 5.10. The fraction of sp³-hybridized carbons (Fsp3) is 0.524. The van der Waals surface area contributed by atoms with Crippen LogP contribution in [0.25, 0.3) is 0 Å². The van der Waals surface area contributed by atoms with Crippen molar-refractivity contribution in [1.82, 2.24) is 5.32 Å². The largest absolute Gasteiger partial charge is 0.368 e. The minimum absolute atomic E-state index is 0.264. The van der Waals surface area contributed by atoms with Gasteiger partial charge in [0.05, 0.1) is 0 Å². The predicted molar refractivity (Wildman–Crippen MR) is 100 cm³/mol. The lowest BCUT2D eigenvalue weighted by Crippen LogP contribution is -2.50. The van der Waals surface area contributed by atoms with Crippen LogP contribution in [-0.4, -0.2) is 24.3 Å². The van der Waals surface area contributed by atoms with Crippen LogP contribution in [-0.2, 0) is 4.79 Å². The highest BCUT2D eigenvalue weighted by atomic mass is 19.3. The van der Waals surface area contributed by atoms with E-state index >= 15 is 0 Å². The van der Waals surface area contributed by atoms with Crippen molar-refractivity contribution in [3.8, 4) is 11.8 Å². The van der Waals surface area contributed by atoms with Crippen molar-refractivity contribution in [2.75, 3.05) is 0 Å². The van der Waals surface area contributed by atoms with Crippen LogP contribution in [0.1, 0.15) is 55.5 Å². The minimum Gasteiger partial charge on any atom is -0.368 e. The molecule has 1 aromatic carbocycles. The quantitative estimate of drug-likeness (QED) is 0.774. The van der Waals surface area contributed by atoms with E-state index in [4.69, 9.17) is 5.73 Å². The minimum atomic E-state index is -2.76. The first-order valence-corrected chi connectivity index (χ1v) is 9.28. The lowest BCUT2D eigenvalue weighted by molar-refractivity contribution is -0.122. The van der Waals surface area contributed by atoms with Crippen molar-refractivity contribution in [1.29, 1.82) is 0 Å². The summed E-state index contributed by atoms with van der Waals surface area (Å²) in [7, 11) is 0. The molecule has 0 aromatic heterocycles. The van der Waals surface area contributed by atoms with Crippen LogP contribution in [0.5, 0.6) is 0 Å². The maximum absolute atomic E-state index is 12.8. The van der Waals surface area contributed by atoms with E-state index in [2.05, 4.69) is 24.1 Å². The van der Waals surface area contributed by atoms with Crippen LogP contribution in [0, 0.1) is 29.6 Å². The van der Waals surface area contributed by atoms with E-state index in [-0.39, 0.29) is 5.56 Å². The third kappa shape index (κ3) is 6.06. The molecular weight excluding hydrogens is 350 g/mol. The number of nitrogens with one attached hydrogen (secondary N) is 1. The van der Waals surface area contributed by atoms with Crippen LogP contribution < -0.4 is 11.1 Å². The van der Waals surface area contributed by atoms with Gasteiger partial charge in [0.2, 0.25) is 12.3 Å². The first-order chi connectivity index (χ1) is 12.8. The zero-order valence-electron chi connectivity index (χ0n) is 15.7. The Morgan fingerprint density at radius 3 is 2.26 bits per heavy atom. The number of benzene rings is 1. The monoisotopic (exact) mass is 376 g/mol. The average Bonchev–Trinajstić information content (AvgIpc) is 2.65. The standard InChI is InChI=1S/C21H26F2N2O2/c1-13-3-5-15(6-4-13)7-8-16-9-11-17(12-10-16)21(27)25-18(20(24)26)14(2)19(22)23/h9-15,18-19H,3-6H2,1-2H3,(H2,24,26)(H,25,27). The van der Waals surface area contributed by atoms with Crippen molar-refractivity contribution in [3.05, 3.63) is 35.4 Å². The zero-order valence-corrected chi connectivity index (χ0v) is 15.7. The first-order valence-electron chi connectivity index (χ1n) is 9.28. The highest BCUT2D eigenvalue weighted by Gasteiger charge is 2.31. The maximum atomic E-state index is 12.8. The molecule has 2 rings (SSSR count). The van der Waals surface area contributed by atoms with Crippen LogP contribution in [0.4, 0.5) is 8.78 Å². The molecule has 1 fully saturated rings. The summed E-state index contributed by atoms with van der Waals surface area (Å²) >= 11 is 0. The number of rotatable bonds is 5. The van der Waals surface area contributed by atoms with Gasteiger partial charge in [0.15, 0.2) is 0 Å². The van der Waals surface area contributed by atoms with Gasteiger partial charge in [-0.3, -0.25) is 9.59 Å². The summed E-state index contributed by atoms with van der Waals surface area (Å²) in [5.41, 5.74) is 6.19. The topological polar surface area (TPSA) is 72.2 Å². The SMILES string of the molecule is CC1CCC(C#Cc2ccc(C(=O)NC(C(N)=O)C(C)C(F)F)cc2)CC1. The molecule has 1 aromatic rings. The van der Waals surface area contributed by atoms with Gasteiger partial charge < -0.3 is 11.1 Å². The fourth-order valence-electron chi connectivity index (χ4n) is 3.13. The van der Waals surface area contributed by atoms with Gasteiger partial charge in [-0.2, -0.15) is 0 Å². The van der Waals surface area contributed by atoms with Gasteiger partial charge in [0.25, 0.3) is 5.91 Å². The molecule has 2 unspecified atom stereocenters. The third-order valence-corrected chi connectivity index (χ3v) is 5.10. The Balaban J connectivity index is 2.00. The van der Waals surface area contributed by atoms with Crippen LogP contribution in [0.3, 0.4) is 0 Å². The normalized spacial score (nSPS) is 21.7. The molecule has 146 valence electrons. The number of nitrogens with two attached hydrogens (primary N) is 1. The number of hydrogen-bond donors (Lipinski definition) is 2. The molecule has 2 atom stereocenters. The highest BCUT2D eigenvalue weighted by molar-refractivity contribution is 5.97. The molecule has 0 aliphatic heterocycles. The highest BCUT2D eigenvalue weighted by Crippen LogP contribution is 2.27. The Morgan fingerprint density at radius 2 is 1.74 bits per heavy atom. The zero-order chi connectivity index (χ0) is 20.0. The van der Waals surface area contributed by atoms with Crippen LogP contribution >= 0.6 is 0 Å². The number of amides is 2. The van der Waals surface area contributed by atoms with E-state index in [1.807, 2.05) is 0 Å². The van der Waals surface area contributed by atoms with Gasteiger partial charge in [-0.1, -0.05) is 25.7 Å². The van der Waals surface area contributed by atoms with Gasteiger partial charge in [-0.05, 0) is 55.9 Å². The Morgan fingerprint density at radius 1 is 1.15 bits per heavy atom. The molecule has 0 bridgehead atoms. The van der Waals surface area contributed by atoms with Crippen LogP contribution in [0.2, 0.25) is 0 Å². The summed E-state index contributed by atoms with van der Waals surface area (Å²) in [6.07, 6.45) is 1.88. The Bertz CT molecular complexity index is 714. The van der Waals surface area contributed by atoms with E-state index in [1.54, 1.807) is 24.3 Å². The van der Waals surface area contributed by atoms with Crippen molar-refractivity contribution in [2.24, 2.45) is 23.5 Å². The average molecular weight is 376 g/mol. The number of halogens is 2. The molecule has 1 aliphatic rings. The molecule has 27 heavy (non-hydrogen) atoms. The van der Waals surface area contributed by atoms with Crippen molar-refractivity contribution in [2.45, 2.75) is 52.0 Å². The molecule has 1 saturated carbocycles. The van der Waals surface area contributed by atoms with Crippen molar-refractivity contribution >= 4 is 11.8 Å². The van der Waals surface area contributed by atoms with Gasteiger partial charge in [-0.15, -0.1) is 0 Å². The van der Waals surface area contributed by atoms with E-state index in [0.29, 0.717) is 5.92 Å². The number of carbonyl (C=O) groups is 2. The van der Waals surface area contributed by atoms with Gasteiger partial charge in [-0.25, -0.2) is 8.78 Å². The van der Waals surface area contributed by atoms with Gasteiger partial charge in [0, 0.05) is 23.0 Å². The molecule has 0 heterocycles. The number of hydrogen-bond acceptors (Lipinski definition) is 2. The first kappa shape index (κ1) is 20.9. The summed E-state index contributed by atoms with van der Waals surface area (Å²) in [5, 5.41) is 2.29. The molecule has 1 aliphatic carbocycles. The molecule has 3 N–H and O–H groups in total. The Hall–Kier alpha value is -2.42. The second kappa shape index (κ2) is 9.50. The molecule has 2 amide bonds. The second-order valence-electron chi connectivity index (χ2n) is 7.35. The fourth-order valence-corrected chi connectivity index (χ4v) is 3.13. The summed E-state index contributed by atoms with van der Waals surface area (Å²) in [4.78, 5) is 23.6. The molecule has 0 saturated heterocycles. The van der Waals surface area contributed by atoms with E-state index in [0.717, 1.165) is 24.3 Å². The molecule has 0 spiro atoms. The summed E-state index contributed by atoms with van der Waals surface area (Å²) < 4.78 is 25.7. The smallest absolute Gasteiger partial charge is 0.251 e. The summed E-state index contributed by atoms with van der Waals surface area (Å²) in [6.45, 7) is 3.43. The predicted octanol–water partition coefficient (Wildman–Crippen LogP) is 3.35. The van der Waals surface area contributed by atoms with Gasteiger partial charge >= 0.3 is 0 Å². The van der Waals surface area contributed by atoms with Crippen molar-refractivity contribution < 1.29 is 18.4 Å². The van der Waals surface area contributed by atoms with E-state index in [1.165, 1.54) is 19.8 Å². The van der Waals surface area contributed by atoms with E-state index in [9.17, 15) is 18.4 Å². The van der Waals surface area contributed by atoms with E-state index < -0.39 is 30.2 Å². The lowest BCUT2D eigenvalue weighted by Gasteiger charge is -2.22. The van der Waals surface area contributed by atoms with Crippen LogP contribution in [0.15, 0.2) is 24.3 Å². The number of carbonyl (C=O) groups excluding carboxylic acids is 2. The molecular formula is C21H26F2N2O2. The molecule has 6 heteroatoms.